The van der Waals surface area contributed by atoms with E-state index in [0.29, 0.717) is 31.9 Å². The molecule has 0 aliphatic carbocycles. The van der Waals surface area contributed by atoms with Crippen molar-refractivity contribution in [1.82, 2.24) is 4.57 Å². The summed E-state index contributed by atoms with van der Waals surface area (Å²) >= 11 is 17.4. The highest BCUT2D eigenvalue weighted by Gasteiger charge is 2.15. The van der Waals surface area contributed by atoms with Gasteiger partial charge in [0.15, 0.2) is 0 Å². The quantitative estimate of drug-likeness (QED) is 0.533. The van der Waals surface area contributed by atoms with E-state index in [1.807, 2.05) is 0 Å². The second-order valence-corrected chi connectivity index (χ2v) is 9.11. The Hall–Kier alpha value is -2.06. The minimum Gasteiger partial charge on any atom is -0.415 e. The summed E-state index contributed by atoms with van der Waals surface area (Å²) in [6.07, 6.45) is 2.67. The van der Waals surface area contributed by atoms with E-state index in [0.717, 1.165) is 0 Å². The largest absolute Gasteiger partial charge is 0.424 e. The lowest BCUT2D eigenvalue weighted by Crippen LogP contribution is -2.13. The molecule has 3 rings (SSSR count). The van der Waals surface area contributed by atoms with E-state index in [4.69, 9.17) is 39.2 Å². The van der Waals surface area contributed by atoms with Crippen molar-refractivity contribution in [2.45, 2.75) is 4.90 Å². The second-order valence-electron chi connectivity index (χ2n) is 5.77. The van der Waals surface area contributed by atoms with Crippen molar-refractivity contribution in [3.63, 3.8) is 0 Å². The number of carbonyl (C=O) groups is 1. The summed E-state index contributed by atoms with van der Waals surface area (Å²) in [4.78, 5) is 24.0. The summed E-state index contributed by atoms with van der Waals surface area (Å²) in [5, 5.41) is 0.658. The Labute approximate surface area is 175 Å². The van der Waals surface area contributed by atoms with E-state index < -0.39 is 21.4 Å². The Bertz CT molecular complexity index is 1220. The number of oxazole rings is 1. The molecule has 1 heterocycles. The van der Waals surface area contributed by atoms with E-state index in [-0.39, 0.29) is 5.88 Å². The summed E-state index contributed by atoms with van der Waals surface area (Å²) in [5.74, 6) is -1.59. The zero-order valence-corrected chi connectivity index (χ0v) is 17.5. The molecule has 0 aliphatic rings. The molecule has 0 spiro atoms. The van der Waals surface area contributed by atoms with Gasteiger partial charge in [0.2, 0.25) is 0 Å². The number of hydrogen-bond acceptors (Lipinski definition) is 4. The molecule has 146 valence electrons. The van der Waals surface area contributed by atoms with E-state index in [1.165, 1.54) is 17.1 Å². The molecule has 1 aromatic heterocycles. The summed E-state index contributed by atoms with van der Waals surface area (Å²) in [6, 6.07) is 11.2. The maximum absolute atomic E-state index is 12.6. The smallest absolute Gasteiger partial charge is 0.415 e. The first kappa shape index (κ1) is 20.7. The van der Waals surface area contributed by atoms with Crippen LogP contribution < -0.4 is 5.76 Å². The van der Waals surface area contributed by atoms with Gasteiger partial charge in [-0.3, -0.25) is 4.79 Å². The van der Waals surface area contributed by atoms with Crippen molar-refractivity contribution in [2.24, 2.45) is 4.36 Å². The number of nitrogens with zero attached hydrogens (tertiary/aromatic N) is 2. The van der Waals surface area contributed by atoms with Crippen LogP contribution in [-0.2, 0) is 14.5 Å². The molecule has 10 heteroatoms. The topological polar surface area (TPSA) is 81.6 Å². The van der Waals surface area contributed by atoms with Crippen LogP contribution in [0, 0.1) is 0 Å². The van der Waals surface area contributed by atoms with Gasteiger partial charge in [0.1, 0.15) is 12.1 Å². The van der Waals surface area contributed by atoms with Crippen molar-refractivity contribution in [2.75, 3.05) is 12.1 Å². The van der Waals surface area contributed by atoms with Crippen molar-refractivity contribution in [3.05, 3.63) is 69.3 Å². The summed E-state index contributed by atoms with van der Waals surface area (Å²) < 4.78 is 22.6. The summed E-state index contributed by atoms with van der Waals surface area (Å²) in [5.41, 5.74) is 1.57. The van der Waals surface area contributed by atoms with Gasteiger partial charge in [-0.25, -0.2) is 13.6 Å². The number of halogens is 3. The average molecular weight is 460 g/mol. The Morgan fingerprint density at radius 3 is 2.43 bits per heavy atom. The molecule has 0 saturated carbocycles. The Morgan fingerprint density at radius 1 is 1.14 bits per heavy atom. The van der Waals surface area contributed by atoms with E-state index in [9.17, 15) is 13.8 Å². The maximum atomic E-state index is 12.6. The van der Waals surface area contributed by atoms with Gasteiger partial charge in [-0.05, 0) is 30.3 Å². The molecule has 6 nitrogen and oxygen atoms in total. The molecule has 2 aromatic carbocycles. The van der Waals surface area contributed by atoms with Gasteiger partial charge in [-0.1, -0.05) is 35.3 Å². The van der Waals surface area contributed by atoms with Crippen LogP contribution in [0.25, 0.3) is 16.9 Å². The second kappa shape index (κ2) is 8.13. The zero-order valence-electron chi connectivity index (χ0n) is 14.4. The number of alkyl halides is 1. The minimum atomic E-state index is -2.92. The first-order valence-corrected chi connectivity index (χ1v) is 11.0. The third-order valence-electron chi connectivity index (χ3n) is 3.83. The Morgan fingerprint density at radius 2 is 1.82 bits per heavy atom. The van der Waals surface area contributed by atoms with Gasteiger partial charge >= 0.3 is 5.76 Å². The van der Waals surface area contributed by atoms with Crippen molar-refractivity contribution < 1.29 is 13.4 Å². The van der Waals surface area contributed by atoms with Gasteiger partial charge in [0.05, 0.1) is 31.2 Å². The Kier molecular flexibility index (Phi) is 6.00. The first-order chi connectivity index (χ1) is 13.2. The van der Waals surface area contributed by atoms with Crippen molar-refractivity contribution in [3.8, 4) is 16.9 Å². The fourth-order valence-electron chi connectivity index (χ4n) is 2.53. The number of amides is 1. The third-order valence-corrected chi connectivity index (χ3v) is 6.50. The van der Waals surface area contributed by atoms with Gasteiger partial charge in [0, 0.05) is 16.7 Å². The van der Waals surface area contributed by atoms with Crippen LogP contribution in [0.3, 0.4) is 0 Å². The van der Waals surface area contributed by atoms with Gasteiger partial charge in [-0.15, -0.1) is 11.6 Å². The number of rotatable bonds is 4. The number of carbonyl (C=O) groups excluding carboxylic acids is 1. The molecule has 0 N–H and O–H groups in total. The normalized spacial score (nSPS) is 13.1. The molecule has 1 amide bonds. The molecule has 0 fully saturated rings. The molecule has 28 heavy (non-hydrogen) atoms. The molecular weight excluding hydrogens is 447 g/mol. The van der Waals surface area contributed by atoms with Crippen LogP contribution in [0.15, 0.2) is 67.2 Å². The van der Waals surface area contributed by atoms with E-state index in [1.54, 1.807) is 42.5 Å². The predicted octanol–water partition coefficient (Wildman–Crippen LogP) is 4.63. The lowest BCUT2D eigenvalue weighted by atomic mass is 10.1. The number of hydrogen-bond donors (Lipinski definition) is 0. The highest BCUT2D eigenvalue weighted by atomic mass is 35.5. The van der Waals surface area contributed by atoms with Crippen LogP contribution in [0.1, 0.15) is 0 Å². The molecule has 3 aromatic rings. The van der Waals surface area contributed by atoms with Crippen LogP contribution >= 0.6 is 34.8 Å². The SMILES string of the molecule is CS(=O)(=NC(=O)CCl)c1ccc(-c2coc(=O)n2-c2ccc(Cl)c(Cl)c2)cc1. The first-order valence-electron chi connectivity index (χ1n) is 7.80. The lowest BCUT2D eigenvalue weighted by molar-refractivity contribution is -0.115. The monoisotopic (exact) mass is 458 g/mol. The van der Waals surface area contributed by atoms with Gasteiger partial charge in [-0.2, -0.15) is 4.36 Å². The van der Waals surface area contributed by atoms with Gasteiger partial charge in [0.25, 0.3) is 5.91 Å². The van der Waals surface area contributed by atoms with Crippen LogP contribution in [-0.4, -0.2) is 26.8 Å². The average Bonchev–Trinajstić information content (AvgIpc) is 3.05. The molecule has 0 saturated heterocycles. The van der Waals surface area contributed by atoms with Crippen LogP contribution in [0.5, 0.6) is 0 Å². The number of aromatic nitrogens is 1. The van der Waals surface area contributed by atoms with Crippen LogP contribution in [0.4, 0.5) is 0 Å². The molecule has 1 unspecified atom stereocenters. The fourth-order valence-corrected chi connectivity index (χ4v) is 4.15. The molecular formula is C18H13Cl3N2O4S. The van der Waals surface area contributed by atoms with Crippen LogP contribution in [0.2, 0.25) is 10.0 Å². The fraction of sp³-hybridized carbons (Fsp3) is 0.111. The third kappa shape index (κ3) is 4.17. The molecule has 0 radical (unpaired) electrons. The molecule has 0 aliphatic heterocycles. The predicted molar refractivity (Wildman–Crippen MR) is 110 cm³/mol. The van der Waals surface area contributed by atoms with E-state index in [2.05, 4.69) is 4.36 Å². The Balaban J connectivity index is 2.06. The molecule has 1 atom stereocenters. The number of benzene rings is 2. The highest BCUT2D eigenvalue weighted by Crippen LogP contribution is 2.28. The summed E-state index contributed by atoms with van der Waals surface area (Å²) in [7, 11) is -2.92. The minimum absolute atomic E-state index is 0.296. The van der Waals surface area contributed by atoms with Crippen molar-refractivity contribution in [1.29, 1.82) is 0 Å². The highest BCUT2D eigenvalue weighted by molar-refractivity contribution is 7.93. The lowest BCUT2D eigenvalue weighted by Gasteiger charge is -2.09. The van der Waals surface area contributed by atoms with Crippen molar-refractivity contribution >= 4 is 50.4 Å². The van der Waals surface area contributed by atoms with E-state index >= 15 is 0 Å². The maximum Gasteiger partial charge on any atom is 0.424 e. The summed E-state index contributed by atoms with van der Waals surface area (Å²) in [6.45, 7) is 0. The zero-order chi connectivity index (χ0) is 20.5. The molecule has 0 bridgehead atoms. The standard InChI is InChI=1S/C18H13Cl3N2O4S/c1-28(26,22-17(24)9-19)13-5-2-11(3-6-13)16-10-27-18(25)23(16)12-4-7-14(20)15(21)8-12/h2-8,10H,9H2,1H3. The van der Waals surface area contributed by atoms with Gasteiger partial charge < -0.3 is 4.42 Å².